The van der Waals surface area contributed by atoms with Gasteiger partial charge in [0.2, 0.25) is 5.91 Å². The number of hydrogen-bond donors (Lipinski definition) is 1. The molecule has 0 spiro atoms. The first-order valence-electron chi connectivity index (χ1n) is 5.97. The third-order valence-corrected chi connectivity index (χ3v) is 2.93. The van der Waals surface area contributed by atoms with Crippen LogP contribution in [-0.4, -0.2) is 24.4 Å². The van der Waals surface area contributed by atoms with Crippen molar-refractivity contribution in [2.75, 3.05) is 13.0 Å². The lowest BCUT2D eigenvalue weighted by molar-refractivity contribution is -0.122. The van der Waals surface area contributed by atoms with E-state index >= 15 is 0 Å². The van der Waals surface area contributed by atoms with Crippen LogP contribution in [0.2, 0.25) is 0 Å². The van der Waals surface area contributed by atoms with Gasteiger partial charge in [-0.15, -0.1) is 11.6 Å². The van der Waals surface area contributed by atoms with Gasteiger partial charge < -0.3 is 10.1 Å². The van der Waals surface area contributed by atoms with E-state index in [1.165, 1.54) is 0 Å². The van der Waals surface area contributed by atoms with Crippen molar-refractivity contribution in [3.8, 4) is 5.75 Å². The van der Waals surface area contributed by atoms with Crippen LogP contribution in [0.1, 0.15) is 25.8 Å². The Bertz CT molecular complexity index is 405. The van der Waals surface area contributed by atoms with Crippen molar-refractivity contribution >= 4 is 17.5 Å². The quantitative estimate of drug-likeness (QED) is 0.807. The van der Waals surface area contributed by atoms with Gasteiger partial charge in [0.05, 0.1) is 13.5 Å². The van der Waals surface area contributed by atoms with Crippen LogP contribution in [0.5, 0.6) is 5.75 Å². The van der Waals surface area contributed by atoms with E-state index in [9.17, 15) is 4.79 Å². The van der Waals surface area contributed by atoms with Gasteiger partial charge in [0.25, 0.3) is 0 Å². The summed E-state index contributed by atoms with van der Waals surface area (Å²) >= 11 is 5.71. The summed E-state index contributed by atoms with van der Waals surface area (Å²) in [4.78, 5) is 12.0. The smallest absolute Gasteiger partial charge is 0.224 e. The Kier molecular flexibility index (Phi) is 5.48. The normalized spacial score (nSPS) is 11.1. The van der Waals surface area contributed by atoms with Gasteiger partial charge in [0.15, 0.2) is 0 Å². The summed E-state index contributed by atoms with van der Waals surface area (Å²) in [5.41, 5.74) is 0.611. The number of halogens is 1. The molecule has 0 bridgehead atoms. The van der Waals surface area contributed by atoms with E-state index in [4.69, 9.17) is 16.3 Å². The number of para-hydroxylation sites is 1. The lowest BCUT2D eigenvalue weighted by Gasteiger charge is -2.25. The summed E-state index contributed by atoms with van der Waals surface area (Å²) in [5.74, 6) is 1.25. The van der Waals surface area contributed by atoms with Crippen LogP contribution >= 0.6 is 11.6 Å². The standard InChI is InChI=1S/C14H20ClNO2/c1-14(2,8-9-15)16-13(17)10-11-6-4-5-7-12(11)18-3/h4-7H,8-10H2,1-3H3,(H,16,17). The molecular formula is C14H20ClNO2. The number of ether oxygens (including phenoxy) is 1. The van der Waals surface area contributed by atoms with Crippen molar-refractivity contribution in [1.29, 1.82) is 0 Å². The molecule has 0 heterocycles. The lowest BCUT2D eigenvalue weighted by atomic mass is 10.0. The highest BCUT2D eigenvalue weighted by atomic mass is 35.5. The van der Waals surface area contributed by atoms with Crippen LogP contribution in [0.25, 0.3) is 0 Å². The molecule has 1 aromatic rings. The summed E-state index contributed by atoms with van der Waals surface area (Å²) < 4.78 is 5.22. The lowest BCUT2D eigenvalue weighted by Crippen LogP contribution is -2.44. The maximum absolute atomic E-state index is 12.0. The van der Waals surface area contributed by atoms with Crippen molar-refractivity contribution in [2.45, 2.75) is 32.2 Å². The monoisotopic (exact) mass is 269 g/mol. The molecular weight excluding hydrogens is 250 g/mol. The zero-order chi connectivity index (χ0) is 13.6. The molecule has 1 aromatic carbocycles. The summed E-state index contributed by atoms with van der Waals surface area (Å²) in [7, 11) is 1.61. The molecule has 0 aliphatic carbocycles. The number of benzene rings is 1. The highest BCUT2D eigenvalue weighted by Gasteiger charge is 2.20. The van der Waals surface area contributed by atoms with Gasteiger partial charge in [-0.2, -0.15) is 0 Å². The van der Waals surface area contributed by atoms with Crippen LogP contribution in [-0.2, 0) is 11.2 Å². The molecule has 0 aliphatic rings. The molecule has 0 atom stereocenters. The highest BCUT2D eigenvalue weighted by Crippen LogP contribution is 2.18. The zero-order valence-corrected chi connectivity index (χ0v) is 11.9. The van der Waals surface area contributed by atoms with Gasteiger partial charge in [0.1, 0.15) is 5.75 Å². The molecule has 0 radical (unpaired) electrons. The minimum absolute atomic E-state index is 0.0189. The summed E-state index contributed by atoms with van der Waals surface area (Å²) in [6.45, 7) is 3.94. The van der Waals surface area contributed by atoms with E-state index in [0.717, 1.165) is 17.7 Å². The van der Waals surface area contributed by atoms with Gasteiger partial charge in [-0.1, -0.05) is 18.2 Å². The van der Waals surface area contributed by atoms with Crippen molar-refractivity contribution < 1.29 is 9.53 Å². The highest BCUT2D eigenvalue weighted by molar-refractivity contribution is 6.17. The fourth-order valence-electron chi connectivity index (χ4n) is 1.74. The van der Waals surface area contributed by atoms with E-state index in [1.807, 2.05) is 38.1 Å². The van der Waals surface area contributed by atoms with Crippen molar-refractivity contribution in [2.24, 2.45) is 0 Å². The minimum Gasteiger partial charge on any atom is -0.496 e. The zero-order valence-electron chi connectivity index (χ0n) is 11.1. The Balaban J connectivity index is 2.65. The number of hydrogen-bond acceptors (Lipinski definition) is 2. The molecule has 18 heavy (non-hydrogen) atoms. The van der Waals surface area contributed by atoms with Gasteiger partial charge in [-0.05, 0) is 26.3 Å². The second-order valence-electron chi connectivity index (χ2n) is 4.86. The van der Waals surface area contributed by atoms with Crippen molar-refractivity contribution in [3.63, 3.8) is 0 Å². The second-order valence-corrected chi connectivity index (χ2v) is 5.24. The minimum atomic E-state index is -0.277. The van der Waals surface area contributed by atoms with Gasteiger partial charge in [-0.25, -0.2) is 0 Å². The van der Waals surface area contributed by atoms with Gasteiger partial charge in [-0.3, -0.25) is 4.79 Å². The Morgan fingerprint density at radius 3 is 2.67 bits per heavy atom. The molecule has 0 fully saturated rings. The summed E-state index contributed by atoms with van der Waals surface area (Å²) in [6, 6.07) is 7.53. The summed E-state index contributed by atoms with van der Waals surface area (Å²) in [5, 5.41) is 2.98. The third-order valence-electron chi connectivity index (χ3n) is 2.74. The molecule has 4 heteroatoms. The van der Waals surface area contributed by atoms with E-state index in [-0.39, 0.29) is 11.4 Å². The van der Waals surface area contributed by atoms with E-state index in [0.29, 0.717) is 12.3 Å². The molecule has 0 aromatic heterocycles. The SMILES string of the molecule is COc1ccccc1CC(=O)NC(C)(C)CCCl. The molecule has 3 nitrogen and oxygen atoms in total. The molecule has 1 N–H and O–H groups in total. The predicted molar refractivity (Wildman–Crippen MR) is 74.3 cm³/mol. The topological polar surface area (TPSA) is 38.3 Å². The Labute approximate surface area is 113 Å². The number of alkyl halides is 1. The molecule has 1 amide bonds. The maximum Gasteiger partial charge on any atom is 0.224 e. The third kappa shape index (κ3) is 4.57. The number of methoxy groups -OCH3 is 1. The van der Waals surface area contributed by atoms with Crippen LogP contribution in [0, 0.1) is 0 Å². The van der Waals surface area contributed by atoms with Gasteiger partial charge >= 0.3 is 0 Å². The Hall–Kier alpha value is -1.22. The number of rotatable bonds is 6. The Morgan fingerprint density at radius 2 is 2.06 bits per heavy atom. The first-order valence-corrected chi connectivity index (χ1v) is 6.51. The van der Waals surface area contributed by atoms with Gasteiger partial charge in [0, 0.05) is 17.0 Å². The van der Waals surface area contributed by atoms with Crippen LogP contribution in [0.3, 0.4) is 0 Å². The largest absolute Gasteiger partial charge is 0.496 e. The van der Waals surface area contributed by atoms with Crippen molar-refractivity contribution in [1.82, 2.24) is 5.32 Å². The summed E-state index contributed by atoms with van der Waals surface area (Å²) in [6.07, 6.45) is 1.06. The fraction of sp³-hybridized carbons (Fsp3) is 0.500. The Morgan fingerprint density at radius 1 is 1.39 bits per heavy atom. The maximum atomic E-state index is 12.0. The number of carbonyl (C=O) groups excluding carboxylic acids is 1. The first-order chi connectivity index (χ1) is 8.48. The van der Waals surface area contributed by atoms with Crippen molar-refractivity contribution in [3.05, 3.63) is 29.8 Å². The molecule has 0 aliphatic heterocycles. The van der Waals surface area contributed by atoms with Crippen LogP contribution in [0.15, 0.2) is 24.3 Å². The van der Waals surface area contributed by atoms with E-state index in [2.05, 4.69) is 5.32 Å². The first kappa shape index (κ1) is 14.8. The van der Waals surface area contributed by atoms with Crippen LogP contribution < -0.4 is 10.1 Å². The fourth-order valence-corrected chi connectivity index (χ4v) is 2.21. The number of carbonyl (C=O) groups is 1. The molecule has 0 unspecified atom stereocenters. The van der Waals surface area contributed by atoms with E-state index in [1.54, 1.807) is 7.11 Å². The van der Waals surface area contributed by atoms with E-state index < -0.39 is 0 Å². The average Bonchev–Trinajstić information content (AvgIpc) is 2.28. The molecule has 100 valence electrons. The molecule has 0 saturated heterocycles. The average molecular weight is 270 g/mol. The molecule has 0 saturated carbocycles. The van der Waals surface area contributed by atoms with Crippen LogP contribution in [0.4, 0.5) is 0 Å². The molecule has 1 rings (SSSR count). The number of amides is 1. The second kappa shape index (κ2) is 6.64. The number of nitrogens with one attached hydrogen (secondary N) is 1. The predicted octanol–water partition coefficient (Wildman–Crippen LogP) is 2.76.